The molecule has 0 N–H and O–H groups in total. The molecule has 0 spiro atoms. The van der Waals surface area contributed by atoms with Crippen LogP contribution in [0.1, 0.15) is 108 Å². The highest BCUT2D eigenvalue weighted by molar-refractivity contribution is 5.35. The number of hydrogen-bond acceptors (Lipinski definition) is 1. The second-order valence-electron chi connectivity index (χ2n) is 9.75. The van der Waals surface area contributed by atoms with E-state index in [2.05, 4.69) is 44.2 Å². The van der Waals surface area contributed by atoms with Crippen LogP contribution in [0.25, 0.3) is 0 Å². The third-order valence-electron chi connectivity index (χ3n) is 7.92. The van der Waals surface area contributed by atoms with Crippen LogP contribution < -0.4 is 0 Å². The number of aryl methyl sites for hydroxylation is 1. The zero-order valence-corrected chi connectivity index (χ0v) is 18.4. The molecule has 0 heterocycles. The smallest absolute Gasteiger partial charge is 0.0822 e. The van der Waals surface area contributed by atoms with Gasteiger partial charge in [0.1, 0.15) is 0 Å². The fourth-order valence-electron chi connectivity index (χ4n) is 5.98. The molecule has 1 nitrogen and oxygen atoms in total. The minimum atomic E-state index is -0.224. The van der Waals surface area contributed by atoms with Gasteiger partial charge < -0.3 is 0 Å². The first-order valence-corrected chi connectivity index (χ1v) is 12.2. The molecule has 0 radical (unpaired) electrons. The van der Waals surface area contributed by atoms with Crippen molar-refractivity contribution in [3.63, 3.8) is 0 Å². The molecule has 1 aromatic rings. The van der Waals surface area contributed by atoms with Gasteiger partial charge in [-0.3, -0.25) is 0 Å². The predicted octanol–water partition coefficient (Wildman–Crippen LogP) is 7.98. The Hall–Kier alpha value is -1.29. The molecule has 0 bridgehead atoms. The van der Waals surface area contributed by atoms with Crippen LogP contribution in [-0.2, 0) is 11.8 Å². The topological polar surface area (TPSA) is 23.8 Å². The first-order valence-electron chi connectivity index (χ1n) is 12.2. The minimum Gasteiger partial charge on any atom is -0.197 e. The summed E-state index contributed by atoms with van der Waals surface area (Å²) in [6, 6.07) is 11.7. The molecule has 1 aromatic carbocycles. The number of hydrogen-bond donors (Lipinski definition) is 0. The third kappa shape index (κ3) is 5.20. The summed E-state index contributed by atoms with van der Waals surface area (Å²) in [5.41, 5.74) is 2.45. The van der Waals surface area contributed by atoms with Crippen LogP contribution in [-0.4, -0.2) is 0 Å². The Kier molecular flexibility index (Phi) is 8.01. The van der Waals surface area contributed by atoms with Crippen molar-refractivity contribution in [1.82, 2.24) is 0 Å². The monoisotopic (exact) mass is 379 g/mol. The van der Waals surface area contributed by atoms with Crippen molar-refractivity contribution in [1.29, 1.82) is 5.26 Å². The zero-order chi connectivity index (χ0) is 19.8. The second-order valence-corrected chi connectivity index (χ2v) is 9.75. The van der Waals surface area contributed by atoms with E-state index in [1.54, 1.807) is 0 Å². The van der Waals surface area contributed by atoms with Crippen molar-refractivity contribution in [2.45, 2.75) is 109 Å². The van der Waals surface area contributed by atoms with E-state index in [1.807, 2.05) is 0 Å². The molecule has 0 amide bonds. The highest BCUT2D eigenvalue weighted by Gasteiger charge is 2.39. The molecule has 2 aliphatic rings. The number of unbranched alkanes of at least 4 members (excludes halogenated alkanes) is 2. The molecule has 0 aromatic heterocycles. The van der Waals surface area contributed by atoms with E-state index >= 15 is 0 Å². The number of benzene rings is 1. The predicted molar refractivity (Wildman–Crippen MR) is 119 cm³/mol. The molecular weight excluding hydrogens is 338 g/mol. The Morgan fingerprint density at radius 2 is 1.50 bits per heavy atom. The van der Waals surface area contributed by atoms with Gasteiger partial charge in [-0.2, -0.15) is 5.26 Å². The van der Waals surface area contributed by atoms with E-state index in [0.29, 0.717) is 0 Å². The van der Waals surface area contributed by atoms with Crippen LogP contribution in [0.4, 0.5) is 0 Å². The fraction of sp³-hybridized carbons (Fsp3) is 0.741. The van der Waals surface area contributed by atoms with Crippen molar-refractivity contribution in [3.8, 4) is 6.07 Å². The maximum absolute atomic E-state index is 10.1. The van der Waals surface area contributed by atoms with E-state index in [1.165, 1.54) is 81.8 Å². The van der Waals surface area contributed by atoms with Crippen LogP contribution in [0.2, 0.25) is 0 Å². The Morgan fingerprint density at radius 1 is 0.857 bits per heavy atom. The fourth-order valence-corrected chi connectivity index (χ4v) is 5.98. The highest BCUT2D eigenvalue weighted by atomic mass is 14.5. The van der Waals surface area contributed by atoms with Crippen molar-refractivity contribution in [2.24, 2.45) is 17.8 Å². The van der Waals surface area contributed by atoms with Gasteiger partial charge in [0.05, 0.1) is 11.5 Å². The Bertz CT molecular complexity index is 607. The van der Waals surface area contributed by atoms with Gasteiger partial charge in [0, 0.05) is 0 Å². The molecule has 3 rings (SSSR count). The molecule has 0 saturated heterocycles. The average molecular weight is 380 g/mol. The first-order chi connectivity index (χ1) is 13.7. The zero-order valence-electron chi connectivity index (χ0n) is 18.4. The second kappa shape index (κ2) is 10.5. The Labute approximate surface area is 173 Å². The van der Waals surface area contributed by atoms with Crippen molar-refractivity contribution in [3.05, 3.63) is 35.4 Å². The van der Waals surface area contributed by atoms with Gasteiger partial charge in [-0.25, -0.2) is 0 Å². The van der Waals surface area contributed by atoms with Gasteiger partial charge in [0.25, 0.3) is 0 Å². The van der Waals surface area contributed by atoms with Gasteiger partial charge in [0.15, 0.2) is 0 Å². The summed E-state index contributed by atoms with van der Waals surface area (Å²) in [6.07, 6.45) is 18.5. The summed E-state index contributed by atoms with van der Waals surface area (Å²) in [4.78, 5) is 0. The summed E-state index contributed by atoms with van der Waals surface area (Å²) in [5.74, 6) is 2.81. The Balaban J connectivity index is 1.51. The van der Waals surface area contributed by atoms with Crippen LogP contribution in [0, 0.1) is 29.1 Å². The molecule has 2 saturated carbocycles. The molecular formula is C27H41N. The van der Waals surface area contributed by atoms with Gasteiger partial charge in [-0.05, 0) is 73.8 Å². The third-order valence-corrected chi connectivity index (χ3v) is 7.92. The van der Waals surface area contributed by atoms with E-state index in [9.17, 15) is 5.26 Å². The van der Waals surface area contributed by atoms with Crippen LogP contribution in [0.15, 0.2) is 24.3 Å². The summed E-state index contributed by atoms with van der Waals surface area (Å²) in [5, 5.41) is 10.1. The van der Waals surface area contributed by atoms with Crippen LogP contribution in [0.5, 0.6) is 0 Å². The van der Waals surface area contributed by atoms with E-state index < -0.39 is 0 Å². The number of nitriles is 1. The van der Waals surface area contributed by atoms with Crippen molar-refractivity contribution < 1.29 is 0 Å². The summed E-state index contributed by atoms with van der Waals surface area (Å²) in [7, 11) is 0. The van der Waals surface area contributed by atoms with Gasteiger partial charge in [0.2, 0.25) is 0 Å². The van der Waals surface area contributed by atoms with E-state index in [0.717, 1.165) is 37.0 Å². The lowest BCUT2D eigenvalue weighted by atomic mass is 9.62. The van der Waals surface area contributed by atoms with Gasteiger partial charge in [-0.1, -0.05) is 83.1 Å². The van der Waals surface area contributed by atoms with Crippen molar-refractivity contribution >= 4 is 0 Å². The number of nitrogens with zero attached hydrogens (tertiary/aromatic N) is 1. The molecule has 0 atom stereocenters. The molecule has 0 unspecified atom stereocenters. The maximum Gasteiger partial charge on any atom is 0.0822 e. The van der Waals surface area contributed by atoms with E-state index in [4.69, 9.17) is 0 Å². The summed E-state index contributed by atoms with van der Waals surface area (Å²) in [6.45, 7) is 4.53. The molecule has 154 valence electrons. The lowest BCUT2D eigenvalue weighted by molar-refractivity contribution is 0.143. The maximum atomic E-state index is 10.1. The lowest BCUT2D eigenvalue weighted by Gasteiger charge is -2.41. The van der Waals surface area contributed by atoms with Crippen molar-refractivity contribution in [2.75, 3.05) is 0 Å². The SMILES string of the molecule is CCCCCC1CCC([C@H]2CC[C@](C#N)(c3ccc(CCC)cc3)CC2)CC1. The summed E-state index contributed by atoms with van der Waals surface area (Å²) < 4.78 is 0. The standard InChI is InChI=1S/C27H41N/c1-3-5-6-8-23-9-13-24(14-10-23)25-17-19-27(21-28,20-18-25)26-15-11-22(7-4-2)12-16-26/h11-12,15-16,23-25H,3-10,13-14,17-20H2,1-2H3/t23?,24?,25-,27-. The molecule has 0 aliphatic heterocycles. The Morgan fingerprint density at radius 3 is 2.07 bits per heavy atom. The molecule has 1 heteroatoms. The normalized spacial score (nSPS) is 30.7. The van der Waals surface area contributed by atoms with Gasteiger partial charge >= 0.3 is 0 Å². The summed E-state index contributed by atoms with van der Waals surface area (Å²) >= 11 is 0. The largest absolute Gasteiger partial charge is 0.197 e. The molecule has 28 heavy (non-hydrogen) atoms. The van der Waals surface area contributed by atoms with Crippen LogP contribution in [0.3, 0.4) is 0 Å². The van der Waals surface area contributed by atoms with Crippen LogP contribution >= 0.6 is 0 Å². The molecule has 2 fully saturated rings. The highest BCUT2D eigenvalue weighted by Crippen LogP contribution is 2.47. The van der Waals surface area contributed by atoms with E-state index in [-0.39, 0.29) is 5.41 Å². The van der Waals surface area contributed by atoms with Gasteiger partial charge in [-0.15, -0.1) is 0 Å². The molecule has 2 aliphatic carbocycles. The minimum absolute atomic E-state index is 0.224. The average Bonchev–Trinajstić information content (AvgIpc) is 2.75. The lowest BCUT2D eigenvalue weighted by Crippen LogP contribution is -2.33. The quantitative estimate of drug-likeness (QED) is 0.420. The number of rotatable bonds is 8. The first kappa shape index (κ1) is 21.4.